The highest BCUT2D eigenvalue weighted by atomic mass is 32.1. The minimum atomic E-state index is -0.606. The van der Waals surface area contributed by atoms with Crippen LogP contribution in [0.1, 0.15) is 36.9 Å². The molecule has 0 spiro atoms. The predicted octanol–water partition coefficient (Wildman–Crippen LogP) is 1.39. The SMILES string of the molecule is CCC(CO)NC(=O)C(NC(=O)c1cccs1)C(C)C. The Labute approximate surface area is 123 Å². The molecule has 0 aliphatic rings. The molecule has 0 saturated carbocycles. The Bertz CT molecular complexity index is 428. The molecule has 0 radical (unpaired) electrons. The summed E-state index contributed by atoms with van der Waals surface area (Å²) in [6.45, 7) is 5.53. The van der Waals surface area contributed by atoms with Crippen LogP contribution >= 0.6 is 11.3 Å². The van der Waals surface area contributed by atoms with Gasteiger partial charge in [-0.2, -0.15) is 0 Å². The summed E-state index contributed by atoms with van der Waals surface area (Å²) in [5.41, 5.74) is 0. The Kier molecular flexibility index (Phi) is 6.67. The van der Waals surface area contributed by atoms with E-state index in [0.717, 1.165) is 0 Å². The van der Waals surface area contributed by atoms with Crippen LogP contribution in [0, 0.1) is 5.92 Å². The Balaban J connectivity index is 2.69. The third kappa shape index (κ3) is 4.61. The van der Waals surface area contributed by atoms with Gasteiger partial charge in [0.15, 0.2) is 0 Å². The van der Waals surface area contributed by atoms with Crippen LogP contribution in [0.15, 0.2) is 17.5 Å². The van der Waals surface area contributed by atoms with Crippen LogP contribution in [0.4, 0.5) is 0 Å². The van der Waals surface area contributed by atoms with Gasteiger partial charge < -0.3 is 15.7 Å². The maximum atomic E-state index is 12.2. The number of amides is 2. The molecule has 0 fully saturated rings. The number of nitrogens with one attached hydrogen (secondary N) is 2. The van der Waals surface area contributed by atoms with Gasteiger partial charge >= 0.3 is 0 Å². The smallest absolute Gasteiger partial charge is 0.262 e. The molecule has 2 unspecified atom stereocenters. The molecule has 3 N–H and O–H groups in total. The van der Waals surface area contributed by atoms with E-state index in [1.54, 1.807) is 12.1 Å². The zero-order valence-corrected chi connectivity index (χ0v) is 12.9. The van der Waals surface area contributed by atoms with Gasteiger partial charge in [-0.25, -0.2) is 0 Å². The number of thiophene rings is 1. The molecule has 2 amide bonds. The Morgan fingerprint density at radius 3 is 2.50 bits per heavy atom. The first-order valence-electron chi connectivity index (χ1n) is 6.75. The normalized spacial score (nSPS) is 13.8. The lowest BCUT2D eigenvalue weighted by Gasteiger charge is -2.24. The topological polar surface area (TPSA) is 78.4 Å². The Morgan fingerprint density at radius 2 is 2.05 bits per heavy atom. The van der Waals surface area contributed by atoms with Gasteiger partial charge in [-0.1, -0.05) is 26.8 Å². The molecule has 2 atom stereocenters. The van der Waals surface area contributed by atoms with Crippen molar-refractivity contribution in [3.8, 4) is 0 Å². The molecule has 0 saturated heterocycles. The van der Waals surface area contributed by atoms with E-state index in [9.17, 15) is 9.59 Å². The summed E-state index contributed by atoms with van der Waals surface area (Å²) in [5, 5.41) is 16.4. The standard InChI is InChI=1S/C14H22N2O3S/c1-4-10(8-17)15-14(19)12(9(2)3)16-13(18)11-6-5-7-20-11/h5-7,9-10,12,17H,4,8H2,1-3H3,(H,15,19)(H,16,18). The molecule has 1 heterocycles. The lowest BCUT2D eigenvalue weighted by Crippen LogP contribution is -2.52. The maximum absolute atomic E-state index is 12.2. The monoisotopic (exact) mass is 298 g/mol. The van der Waals surface area contributed by atoms with Crippen molar-refractivity contribution >= 4 is 23.2 Å². The maximum Gasteiger partial charge on any atom is 0.262 e. The molecule has 0 aliphatic carbocycles. The molecular formula is C14H22N2O3S. The zero-order chi connectivity index (χ0) is 15.1. The average Bonchev–Trinajstić information content (AvgIpc) is 2.95. The highest BCUT2D eigenvalue weighted by molar-refractivity contribution is 7.12. The first-order chi connectivity index (χ1) is 9.49. The summed E-state index contributed by atoms with van der Waals surface area (Å²) in [7, 11) is 0. The van der Waals surface area contributed by atoms with E-state index in [4.69, 9.17) is 5.11 Å². The molecule has 6 heteroatoms. The van der Waals surface area contributed by atoms with Gasteiger partial charge in [0.1, 0.15) is 6.04 Å². The van der Waals surface area contributed by atoms with Crippen LogP contribution in [0.2, 0.25) is 0 Å². The van der Waals surface area contributed by atoms with Crippen LogP contribution in [0.3, 0.4) is 0 Å². The molecule has 1 aromatic rings. The summed E-state index contributed by atoms with van der Waals surface area (Å²) in [6, 6.07) is 2.63. The minimum absolute atomic E-state index is 0.0323. The molecule has 0 aromatic carbocycles. The van der Waals surface area contributed by atoms with Crippen molar-refractivity contribution in [2.75, 3.05) is 6.61 Å². The molecule has 20 heavy (non-hydrogen) atoms. The van der Waals surface area contributed by atoms with E-state index in [2.05, 4.69) is 10.6 Å². The van der Waals surface area contributed by atoms with Gasteiger partial charge in [-0.3, -0.25) is 9.59 Å². The van der Waals surface area contributed by atoms with Gasteiger partial charge in [-0.05, 0) is 23.8 Å². The lowest BCUT2D eigenvalue weighted by atomic mass is 10.0. The Morgan fingerprint density at radius 1 is 1.35 bits per heavy atom. The number of hydrogen-bond acceptors (Lipinski definition) is 4. The van der Waals surface area contributed by atoms with Crippen molar-refractivity contribution < 1.29 is 14.7 Å². The van der Waals surface area contributed by atoms with Crippen LogP contribution in [0.5, 0.6) is 0 Å². The van der Waals surface area contributed by atoms with E-state index in [1.807, 2.05) is 26.2 Å². The van der Waals surface area contributed by atoms with Gasteiger partial charge in [0.25, 0.3) is 5.91 Å². The summed E-state index contributed by atoms with van der Waals surface area (Å²) in [6.07, 6.45) is 0.645. The fourth-order valence-corrected chi connectivity index (χ4v) is 2.35. The summed E-state index contributed by atoms with van der Waals surface area (Å²) < 4.78 is 0. The highest BCUT2D eigenvalue weighted by Gasteiger charge is 2.26. The van der Waals surface area contributed by atoms with Crippen LogP contribution in [-0.2, 0) is 4.79 Å². The van der Waals surface area contributed by atoms with Gasteiger partial charge in [-0.15, -0.1) is 11.3 Å². The van der Waals surface area contributed by atoms with E-state index >= 15 is 0 Å². The van der Waals surface area contributed by atoms with Crippen LogP contribution in [0.25, 0.3) is 0 Å². The number of aliphatic hydroxyl groups excluding tert-OH is 1. The molecule has 0 aliphatic heterocycles. The first kappa shape index (κ1) is 16.7. The van der Waals surface area contributed by atoms with Crippen molar-refractivity contribution in [2.24, 2.45) is 5.92 Å². The highest BCUT2D eigenvalue weighted by Crippen LogP contribution is 2.10. The number of aliphatic hydroxyl groups is 1. The number of hydrogen-bond donors (Lipinski definition) is 3. The van der Waals surface area contributed by atoms with E-state index in [0.29, 0.717) is 11.3 Å². The molecule has 112 valence electrons. The Hall–Kier alpha value is -1.40. The molecule has 1 aromatic heterocycles. The largest absolute Gasteiger partial charge is 0.394 e. The average molecular weight is 298 g/mol. The summed E-state index contributed by atoms with van der Waals surface area (Å²) >= 11 is 1.34. The van der Waals surface area contributed by atoms with E-state index in [-0.39, 0.29) is 30.4 Å². The second kappa shape index (κ2) is 8.01. The summed E-state index contributed by atoms with van der Waals surface area (Å²) in [5.74, 6) is -0.535. The first-order valence-corrected chi connectivity index (χ1v) is 7.63. The van der Waals surface area contributed by atoms with Crippen molar-refractivity contribution in [3.05, 3.63) is 22.4 Å². The molecule has 5 nitrogen and oxygen atoms in total. The van der Waals surface area contributed by atoms with Crippen molar-refractivity contribution in [1.29, 1.82) is 0 Å². The lowest BCUT2D eigenvalue weighted by molar-refractivity contribution is -0.125. The van der Waals surface area contributed by atoms with Gasteiger partial charge in [0.05, 0.1) is 17.5 Å². The number of rotatable bonds is 7. The number of carbonyl (C=O) groups excluding carboxylic acids is 2. The van der Waals surface area contributed by atoms with Crippen molar-refractivity contribution in [3.63, 3.8) is 0 Å². The van der Waals surface area contributed by atoms with Crippen LogP contribution < -0.4 is 10.6 Å². The molecule has 1 rings (SSSR count). The quantitative estimate of drug-likeness (QED) is 0.712. The minimum Gasteiger partial charge on any atom is -0.394 e. The third-order valence-corrected chi connectivity index (χ3v) is 3.91. The van der Waals surface area contributed by atoms with Gasteiger partial charge in [0.2, 0.25) is 5.91 Å². The second-order valence-electron chi connectivity index (χ2n) is 4.97. The second-order valence-corrected chi connectivity index (χ2v) is 5.92. The van der Waals surface area contributed by atoms with E-state index < -0.39 is 6.04 Å². The van der Waals surface area contributed by atoms with Crippen molar-refractivity contribution in [1.82, 2.24) is 10.6 Å². The molecular weight excluding hydrogens is 276 g/mol. The number of carbonyl (C=O) groups is 2. The fourth-order valence-electron chi connectivity index (χ4n) is 1.72. The molecule has 0 bridgehead atoms. The van der Waals surface area contributed by atoms with Gasteiger partial charge in [0, 0.05) is 0 Å². The van der Waals surface area contributed by atoms with Crippen LogP contribution in [-0.4, -0.2) is 35.6 Å². The zero-order valence-electron chi connectivity index (χ0n) is 12.1. The predicted molar refractivity (Wildman–Crippen MR) is 79.7 cm³/mol. The van der Waals surface area contributed by atoms with Crippen molar-refractivity contribution in [2.45, 2.75) is 39.3 Å². The fraction of sp³-hybridized carbons (Fsp3) is 0.571. The summed E-state index contributed by atoms with van der Waals surface area (Å²) in [4.78, 5) is 24.8. The van der Waals surface area contributed by atoms with E-state index in [1.165, 1.54) is 11.3 Å². The third-order valence-electron chi connectivity index (χ3n) is 3.04.